The standard InChI is InChI=1S/C10H11F2N5O2/c1-6-9(17(18)19)7(2)16(14-6)5-8-13-3-4-15(8)10(11)12/h3-4,10H,5H2,1-2H3. The van der Waals surface area contributed by atoms with Crippen LogP contribution in [0.3, 0.4) is 0 Å². The van der Waals surface area contributed by atoms with Gasteiger partial charge in [-0.1, -0.05) is 0 Å². The van der Waals surface area contributed by atoms with Crippen LogP contribution in [0.5, 0.6) is 0 Å². The predicted octanol–water partition coefficient (Wildman–Crippen LogP) is 2.05. The highest BCUT2D eigenvalue weighted by molar-refractivity contribution is 5.39. The predicted molar refractivity (Wildman–Crippen MR) is 60.9 cm³/mol. The Morgan fingerprint density at radius 1 is 1.47 bits per heavy atom. The first kappa shape index (κ1) is 13.1. The number of hydrogen-bond acceptors (Lipinski definition) is 4. The molecule has 0 unspecified atom stereocenters. The number of rotatable bonds is 4. The van der Waals surface area contributed by atoms with E-state index in [4.69, 9.17) is 0 Å². The highest BCUT2D eigenvalue weighted by Gasteiger charge is 2.23. The molecule has 0 aliphatic rings. The number of alkyl halides is 2. The maximum absolute atomic E-state index is 12.7. The molecule has 102 valence electrons. The summed E-state index contributed by atoms with van der Waals surface area (Å²) in [4.78, 5) is 14.1. The van der Waals surface area contributed by atoms with Crippen LogP contribution in [0.2, 0.25) is 0 Å². The number of nitro groups is 1. The minimum Gasteiger partial charge on any atom is -0.276 e. The average molecular weight is 271 g/mol. The fraction of sp³-hybridized carbons (Fsp3) is 0.400. The van der Waals surface area contributed by atoms with E-state index in [1.807, 2.05) is 0 Å². The number of aryl methyl sites for hydroxylation is 1. The summed E-state index contributed by atoms with van der Waals surface area (Å²) in [5.74, 6) is 0.0931. The minimum absolute atomic E-state index is 0.0438. The summed E-state index contributed by atoms with van der Waals surface area (Å²) in [6, 6.07) is 0. The summed E-state index contributed by atoms with van der Waals surface area (Å²) < 4.78 is 27.3. The first-order chi connectivity index (χ1) is 8.91. The van der Waals surface area contributed by atoms with E-state index in [1.54, 1.807) is 0 Å². The van der Waals surface area contributed by atoms with Crippen LogP contribution in [0.25, 0.3) is 0 Å². The summed E-state index contributed by atoms with van der Waals surface area (Å²) in [6.45, 7) is 0.275. The Balaban J connectivity index is 2.37. The Hall–Kier alpha value is -2.32. The van der Waals surface area contributed by atoms with Gasteiger partial charge in [0.25, 0.3) is 0 Å². The van der Waals surface area contributed by atoms with Gasteiger partial charge in [-0.2, -0.15) is 13.9 Å². The van der Waals surface area contributed by atoms with Crippen molar-refractivity contribution in [2.45, 2.75) is 26.9 Å². The van der Waals surface area contributed by atoms with Gasteiger partial charge in [0.15, 0.2) is 0 Å². The van der Waals surface area contributed by atoms with Gasteiger partial charge in [0.05, 0.1) is 11.5 Å². The van der Waals surface area contributed by atoms with Crippen molar-refractivity contribution < 1.29 is 13.7 Å². The van der Waals surface area contributed by atoms with Crippen molar-refractivity contribution >= 4 is 5.69 Å². The van der Waals surface area contributed by atoms with Crippen LogP contribution >= 0.6 is 0 Å². The molecule has 9 heteroatoms. The monoisotopic (exact) mass is 271 g/mol. The van der Waals surface area contributed by atoms with Crippen molar-refractivity contribution in [2.75, 3.05) is 0 Å². The molecule has 0 radical (unpaired) electrons. The van der Waals surface area contributed by atoms with Gasteiger partial charge in [-0.15, -0.1) is 0 Å². The van der Waals surface area contributed by atoms with Crippen LogP contribution in [0.4, 0.5) is 14.5 Å². The molecule has 0 N–H and O–H groups in total. The van der Waals surface area contributed by atoms with Crippen molar-refractivity contribution in [1.29, 1.82) is 0 Å². The fourth-order valence-electron chi connectivity index (χ4n) is 1.88. The normalized spacial score (nSPS) is 11.2. The van der Waals surface area contributed by atoms with Crippen LogP contribution in [-0.4, -0.2) is 24.3 Å². The third-order valence-corrected chi connectivity index (χ3v) is 2.78. The molecule has 0 aliphatic heterocycles. The van der Waals surface area contributed by atoms with Crippen LogP contribution in [0.15, 0.2) is 12.4 Å². The Morgan fingerprint density at radius 3 is 2.68 bits per heavy atom. The summed E-state index contributed by atoms with van der Waals surface area (Å²) >= 11 is 0. The van der Waals surface area contributed by atoms with E-state index in [0.717, 1.165) is 6.20 Å². The molecule has 2 rings (SSSR count). The maximum Gasteiger partial charge on any atom is 0.319 e. The summed E-state index contributed by atoms with van der Waals surface area (Å²) in [5.41, 5.74) is 0.458. The Bertz CT molecular complexity index is 619. The number of hydrogen-bond donors (Lipinski definition) is 0. The third-order valence-electron chi connectivity index (χ3n) is 2.78. The number of aromatic nitrogens is 4. The highest BCUT2D eigenvalue weighted by Crippen LogP contribution is 2.23. The van der Waals surface area contributed by atoms with E-state index in [9.17, 15) is 18.9 Å². The van der Waals surface area contributed by atoms with Gasteiger partial charge in [-0.25, -0.2) is 4.98 Å². The van der Waals surface area contributed by atoms with Crippen molar-refractivity contribution in [3.8, 4) is 0 Å². The molecule has 0 aromatic carbocycles. The fourth-order valence-corrected chi connectivity index (χ4v) is 1.88. The zero-order valence-corrected chi connectivity index (χ0v) is 10.2. The smallest absolute Gasteiger partial charge is 0.276 e. The second-order valence-corrected chi connectivity index (χ2v) is 3.96. The molecule has 0 spiro atoms. The molecule has 0 saturated carbocycles. The topological polar surface area (TPSA) is 78.8 Å². The molecule has 2 aromatic rings. The van der Waals surface area contributed by atoms with Gasteiger partial charge in [0.1, 0.15) is 17.2 Å². The summed E-state index contributed by atoms with van der Waals surface area (Å²) in [7, 11) is 0. The molecule has 2 aromatic heterocycles. The lowest BCUT2D eigenvalue weighted by Crippen LogP contribution is -2.11. The summed E-state index contributed by atoms with van der Waals surface area (Å²) in [6.07, 6.45) is 2.40. The van der Waals surface area contributed by atoms with Gasteiger partial charge in [0.2, 0.25) is 0 Å². The van der Waals surface area contributed by atoms with Gasteiger partial charge in [-0.3, -0.25) is 19.4 Å². The van der Waals surface area contributed by atoms with Crippen LogP contribution in [0.1, 0.15) is 23.8 Å². The Kier molecular flexibility index (Phi) is 3.28. The van der Waals surface area contributed by atoms with E-state index >= 15 is 0 Å². The largest absolute Gasteiger partial charge is 0.319 e. The van der Waals surface area contributed by atoms with E-state index in [2.05, 4.69) is 10.1 Å². The lowest BCUT2D eigenvalue weighted by molar-refractivity contribution is -0.386. The highest BCUT2D eigenvalue weighted by atomic mass is 19.3. The van der Waals surface area contributed by atoms with Gasteiger partial charge in [0, 0.05) is 12.4 Å². The maximum atomic E-state index is 12.7. The molecule has 7 nitrogen and oxygen atoms in total. The molecule has 19 heavy (non-hydrogen) atoms. The van der Waals surface area contributed by atoms with E-state index < -0.39 is 11.5 Å². The molecule has 2 heterocycles. The Labute approximate surface area is 106 Å². The van der Waals surface area contributed by atoms with E-state index in [0.29, 0.717) is 10.3 Å². The van der Waals surface area contributed by atoms with E-state index in [1.165, 1.54) is 24.7 Å². The number of imidazole rings is 1. The number of nitrogens with zero attached hydrogens (tertiary/aromatic N) is 5. The molecule has 0 aliphatic carbocycles. The second-order valence-electron chi connectivity index (χ2n) is 3.96. The lowest BCUT2D eigenvalue weighted by Gasteiger charge is -2.07. The van der Waals surface area contributed by atoms with Crippen molar-refractivity contribution in [3.63, 3.8) is 0 Å². The summed E-state index contributed by atoms with van der Waals surface area (Å²) in [5, 5.41) is 14.8. The van der Waals surface area contributed by atoms with Crippen LogP contribution in [0, 0.1) is 24.0 Å². The first-order valence-electron chi connectivity index (χ1n) is 5.40. The van der Waals surface area contributed by atoms with Crippen molar-refractivity contribution in [3.05, 3.63) is 39.7 Å². The molecule has 0 bridgehead atoms. The quantitative estimate of drug-likeness (QED) is 0.629. The van der Waals surface area contributed by atoms with Crippen LogP contribution in [-0.2, 0) is 6.54 Å². The lowest BCUT2D eigenvalue weighted by atomic mass is 10.3. The molecular formula is C10H11F2N5O2. The Morgan fingerprint density at radius 2 is 2.16 bits per heavy atom. The SMILES string of the molecule is Cc1nn(Cc2nccn2C(F)F)c(C)c1[N+](=O)[O-]. The minimum atomic E-state index is -2.70. The molecule has 0 saturated heterocycles. The van der Waals surface area contributed by atoms with Gasteiger partial charge >= 0.3 is 12.2 Å². The molecule has 0 amide bonds. The average Bonchev–Trinajstić information content (AvgIpc) is 2.85. The molecule has 0 atom stereocenters. The van der Waals surface area contributed by atoms with Crippen molar-refractivity contribution in [1.82, 2.24) is 19.3 Å². The second kappa shape index (κ2) is 4.75. The zero-order chi connectivity index (χ0) is 14.2. The zero-order valence-electron chi connectivity index (χ0n) is 10.2. The van der Waals surface area contributed by atoms with Crippen LogP contribution < -0.4 is 0 Å². The first-order valence-corrected chi connectivity index (χ1v) is 5.40. The molecule has 0 fully saturated rings. The van der Waals surface area contributed by atoms with Crippen molar-refractivity contribution in [2.24, 2.45) is 0 Å². The third kappa shape index (κ3) is 2.30. The molecular weight excluding hydrogens is 260 g/mol. The van der Waals surface area contributed by atoms with E-state index in [-0.39, 0.29) is 23.8 Å². The van der Waals surface area contributed by atoms with Gasteiger partial charge < -0.3 is 0 Å². The number of halogens is 2. The van der Waals surface area contributed by atoms with Gasteiger partial charge in [-0.05, 0) is 13.8 Å².